The fourth-order valence-electron chi connectivity index (χ4n) is 4.22. The van der Waals surface area contributed by atoms with Crippen LogP contribution in [0.25, 0.3) is 6.08 Å². The first-order valence-corrected chi connectivity index (χ1v) is 10.9. The molecule has 0 amide bonds. The molecule has 0 bridgehead atoms. The number of carbonyl (C=O) groups is 1. The molecular formula is C25H29NO5. The fourth-order valence-corrected chi connectivity index (χ4v) is 4.22. The van der Waals surface area contributed by atoms with Gasteiger partial charge in [-0.3, -0.25) is 9.69 Å². The maximum Gasteiger partial charge on any atom is 0.231 e. The van der Waals surface area contributed by atoms with E-state index >= 15 is 0 Å². The highest BCUT2D eigenvalue weighted by atomic mass is 16.5. The summed E-state index contributed by atoms with van der Waals surface area (Å²) in [7, 11) is 1.62. The van der Waals surface area contributed by atoms with Gasteiger partial charge in [0, 0.05) is 25.3 Å². The standard InChI is InChI=1S/C25H29NO5/c1-29-20-7-5-18(6-8-20)16-24-25(28)22-10-9-21(17-23(22)31-24)30-15-13-26-12-3-2-4-19(26)11-14-27/h5-10,16-17,19,27H,2-4,11-15H2,1H3/b24-16-/t19-/m1/s1. The summed E-state index contributed by atoms with van der Waals surface area (Å²) in [6.07, 6.45) is 6.11. The van der Waals surface area contributed by atoms with Crippen LogP contribution in [-0.4, -0.2) is 55.2 Å². The van der Waals surface area contributed by atoms with Crippen LogP contribution in [0.3, 0.4) is 0 Å². The van der Waals surface area contributed by atoms with E-state index in [0.29, 0.717) is 35.5 Å². The molecule has 0 radical (unpaired) electrons. The number of aliphatic hydroxyl groups is 1. The summed E-state index contributed by atoms with van der Waals surface area (Å²) in [5.41, 5.74) is 1.42. The summed E-state index contributed by atoms with van der Waals surface area (Å²) in [5.74, 6) is 2.15. The third kappa shape index (κ3) is 5.09. The largest absolute Gasteiger partial charge is 0.497 e. The molecule has 2 aliphatic heterocycles. The molecule has 0 aromatic heterocycles. The van der Waals surface area contributed by atoms with Crippen molar-refractivity contribution < 1.29 is 24.1 Å². The SMILES string of the molecule is COc1ccc(/C=C2\Oc3cc(OCCN4CCCC[C@@H]4CCO)ccc3C2=O)cc1. The molecule has 2 aromatic rings. The molecule has 1 atom stereocenters. The Hall–Kier alpha value is -2.83. The summed E-state index contributed by atoms with van der Waals surface area (Å²) >= 11 is 0. The van der Waals surface area contributed by atoms with Crippen molar-refractivity contribution >= 4 is 11.9 Å². The van der Waals surface area contributed by atoms with Crippen LogP contribution in [0.2, 0.25) is 0 Å². The Morgan fingerprint density at radius 2 is 1.97 bits per heavy atom. The number of ether oxygens (including phenoxy) is 3. The maximum atomic E-state index is 12.7. The first-order valence-electron chi connectivity index (χ1n) is 10.9. The Labute approximate surface area is 183 Å². The number of allylic oxidation sites excluding steroid dienone is 1. The lowest BCUT2D eigenvalue weighted by Gasteiger charge is -2.35. The van der Waals surface area contributed by atoms with Gasteiger partial charge in [0.1, 0.15) is 23.9 Å². The van der Waals surface area contributed by atoms with E-state index in [1.54, 1.807) is 25.3 Å². The Balaban J connectivity index is 1.37. The predicted molar refractivity (Wildman–Crippen MR) is 119 cm³/mol. The van der Waals surface area contributed by atoms with E-state index in [0.717, 1.165) is 37.2 Å². The number of nitrogens with zero attached hydrogens (tertiary/aromatic N) is 1. The highest BCUT2D eigenvalue weighted by molar-refractivity contribution is 6.14. The molecule has 0 saturated carbocycles. The highest BCUT2D eigenvalue weighted by Gasteiger charge is 2.28. The summed E-state index contributed by atoms with van der Waals surface area (Å²) < 4.78 is 16.9. The van der Waals surface area contributed by atoms with Gasteiger partial charge in [0.2, 0.25) is 5.78 Å². The van der Waals surface area contributed by atoms with Crippen LogP contribution in [0.5, 0.6) is 17.2 Å². The molecule has 164 valence electrons. The lowest BCUT2D eigenvalue weighted by molar-refractivity contribution is 0.101. The minimum absolute atomic E-state index is 0.127. The summed E-state index contributed by atoms with van der Waals surface area (Å²) in [4.78, 5) is 15.1. The highest BCUT2D eigenvalue weighted by Crippen LogP contribution is 2.35. The van der Waals surface area contributed by atoms with Gasteiger partial charge in [0.25, 0.3) is 0 Å². The number of benzene rings is 2. The molecule has 6 nitrogen and oxygen atoms in total. The monoisotopic (exact) mass is 423 g/mol. The molecule has 0 aliphatic carbocycles. The zero-order chi connectivity index (χ0) is 21.6. The van der Waals surface area contributed by atoms with E-state index in [9.17, 15) is 9.90 Å². The van der Waals surface area contributed by atoms with Gasteiger partial charge in [-0.25, -0.2) is 0 Å². The van der Waals surface area contributed by atoms with Gasteiger partial charge in [-0.2, -0.15) is 0 Å². The first kappa shape index (κ1) is 21.4. The Kier molecular flexibility index (Phi) is 6.89. The van der Waals surface area contributed by atoms with Crippen molar-refractivity contribution in [3.05, 3.63) is 59.4 Å². The minimum atomic E-state index is -0.127. The number of fused-ring (bicyclic) bond motifs is 1. The smallest absolute Gasteiger partial charge is 0.231 e. The van der Waals surface area contributed by atoms with Crippen molar-refractivity contribution in [3.63, 3.8) is 0 Å². The van der Waals surface area contributed by atoms with Crippen molar-refractivity contribution in [1.29, 1.82) is 0 Å². The van der Waals surface area contributed by atoms with Gasteiger partial charge < -0.3 is 19.3 Å². The molecule has 4 rings (SSSR count). The second-order valence-electron chi connectivity index (χ2n) is 7.92. The number of rotatable bonds is 8. The van der Waals surface area contributed by atoms with Crippen molar-refractivity contribution in [2.75, 3.05) is 33.4 Å². The Morgan fingerprint density at radius 1 is 1.16 bits per heavy atom. The second-order valence-corrected chi connectivity index (χ2v) is 7.92. The molecule has 1 fully saturated rings. The molecular weight excluding hydrogens is 394 g/mol. The van der Waals surface area contributed by atoms with E-state index in [1.165, 1.54) is 12.8 Å². The molecule has 2 aliphatic rings. The Bertz CT molecular complexity index is 935. The molecule has 0 unspecified atom stereocenters. The quantitative estimate of drug-likeness (QED) is 0.649. The van der Waals surface area contributed by atoms with Crippen LogP contribution >= 0.6 is 0 Å². The van der Waals surface area contributed by atoms with Crippen molar-refractivity contribution in [2.45, 2.75) is 31.7 Å². The summed E-state index contributed by atoms with van der Waals surface area (Å²) in [5, 5.41) is 9.28. The van der Waals surface area contributed by atoms with Crippen molar-refractivity contribution in [3.8, 4) is 17.2 Å². The molecule has 1 N–H and O–H groups in total. The number of ketones is 1. The van der Waals surface area contributed by atoms with Crippen molar-refractivity contribution in [2.24, 2.45) is 0 Å². The molecule has 2 heterocycles. The number of Topliss-reactive ketones (excluding diaryl/α,β-unsaturated/α-hetero) is 1. The molecule has 1 saturated heterocycles. The lowest BCUT2D eigenvalue weighted by Crippen LogP contribution is -2.42. The molecule has 2 aromatic carbocycles. The average molecular weight is 424 g/mol. The number of methoxy groups -OCH3 is 1. The van der Waals surface area contributed by atoms with Gasteiger partial charge in [0.05, 0.1) is 12.7 Å². The number of piperidine rings is 1. The molecule has 0 spiro atoms. The predicted octanol–water partition coefficient (Wildman–Crippen LogP) is 3.93. The zero-order valence-corrected chi connectivity index (χ0v) is 17.9. The van der Waals surface area contributed by atoms with Crippen LogP contribution in [0.4, 0.5) is 0 Å². The maximum absolute atomic E-state index is 12.7. The van der Waals surface area contributed by atoms with E-state index in [4.69, 9.17) is 14.2 Å². The minimum Gasteiger partial charge on any atom is -0.497 e. The second kappa shape index (κ2) is 9.98. The third-order valence-corrected chi connectivity index (χ3v) is 5.91. The van der Waals surface area contributed by atoms with Gasteiger partial charge >= 0.3 is 0 Å². The summed E-state index contributed by atoms with van der Waals surface area (Å²) in [6, 6.07) is 13.2. The third-order valence-electron chi connectivity index (χ3n) is 5.91. The number of carbonyl (C=O) groups excluding carboxylic acids is 1. The summed E-state index contributed by atoms with van der Waals surface area (Å²) in [6.45, 7) is 2.66. The van der Waals surface area contributed by atoms with Crippen LogP contribution < -0.4 is 14.2 Å². The normalized spacial score (nSPS) is 19.9. The first-order chi connectivity index (χ1) is 15.2. The number of hydrogen-bond donors (Lipinski definition) is 1. The van der Waals surface area contributed by atoms with Crippen LogP contribution in [0.1, 0.15) is 41.6 Å². The lowest BCUT2D eigenvalue weighted by atomic mass is 10.00. The zero-order valence-electron chi connectivity index (χ0n) is 17.9. The van der Waals surface area contributed by atoms with E-state index in [2.05, 4.69) is 4.90 Å². The van der Waals surface area contributed by atoms with E-state index in [1.807, 2.05) is 30.3 Å². The van der Waals surface area contributed by atoms with Gasteiger partial charge in [-0.15, -0.1) is 0 Å². The van der Waals surface area contributed by atoms with E-state index in [-0.39, 0.29) is 12.4 Å². The Morgan fingerprint density at radius 3 is 2.74 bits per heavy atom. The average Bonchev–Trinajstić information content (AvgIpc) is 3.10. The van der Waals surface area contributed by atoms with Crippen molar-refractivity contribution in [1.82, 2.24) is 4.90 Å². The number of likely N-dealkylation sites (tertiary alicyclic amines) is 1. The topological polar surface area (TPSA) is 68.2 Å². The molecule has 31 heavy (non-hydrogen) atoms. The number of hydrogen-bond acceptors (Lipinski definition) is 6. The number of aliphatic hydroxyl groups excluding tert-OH is 1. The molecule has 6 heteroatoms. The van der Waals surface area contributed by atoms with Gasteiger partial charge in [0.15, 0.2) is 5.76 Å². The van der Waals surface area contributed by atoms with Gasteiger partial charge in [-0.05, 0) is 61.7 Å². The van der Waals surface area contributed by atoms with Gasteiger partial charge in [-0.1, -0.05) is 18.6 Å². The van der Waals surface area contributed by atoms with Crippen LogP contribution in [0.15, 0.2) is 48.2 Å². The van der Waals surface area contributed by atoms with Crippen LogP contribution in [0, 0.1) is 0 Å². The van der Waals surface area contributed by atoms with E-state index < -0.39 is 0 Å². The van der Waals surface area contributed by atoms with Crippen LogP contribution in [-0.2, 0) is 0 Å². The fraction of sp³-hybridized carbons (Fsp3) is 0.400.